The smallest absolute Gasteiger partial charge is 0.285 e. The lowest BCUT2D eigenvalue weighted by Crippen LogP contribution is -2.26. The summed E-state index contributed by atoms with van der Waals surface area (Å²) in [5.74, 6) is 0.115. The normalized spacial score (nSPS) is 15.3. The second-order valence-electron chi connectivity index (χ2n) is 5.33. The second kappa shape index (κ2) is 5.21. The molecule has 0 aliphatic carbocycles. The Hall–Kier alpha value is -2.21. The molecule has 0 atom stereocenters. The summed E-state index contributed by atoms with van der Waals surface area (Å²) in [4.78, 5) is 1.93. The van der Waals surface area contributed by atoms with Crippen molar-refractivity contribution in [3.63, 3.8) is 0 Å². The van der Waals surface area contributed by atoms with Crippen LogP contribution >= 0.6 is 0 Å². The Balaban J connectivity index is 1.93. The molecule has 0 saturated carbocycles. The zero-order valence-electron chi connectivity index (χ0n) is 12.2. The van der Waals surface area contributed by atoms with Crippen LogP contribution in [0.1, 0.15) is 16.7 Å². The molecule has 4 nitrogen and oxygen atoms in total. The van der Waals surface area contributed by atoms with E-state index in [0.717, 1.165) is 5.56 Å². The lowest BCUT2D eigenvalue weighted by atomic mass is 10.1. The summed E-state index contributed by atoms with van der Waals surface area (Å²) in [6, 6.07) is 11.7. The van der Waals surface area contributed by atoms with Crippen molar-refractivity contribution in [1.29, 1.82) is 0 Å². The summed E-state index contributed by atoms with van der Waals surface area (Å²) in [5, 5.41) is 0. The minimum Gasteiger partial charge on any atom is -0.354 e. The van der Waals surface area contributed by atoms with Crippen LogP contribution in [0.4, 0.5) is 4.39 Å². The van der Waals surface area contributed by atoms with Crippen molar-refractivity contribution < 1.29 is 12.8 Å². The van der Waals surface area contributed by atoms with Crippen molar-refractivity contribution in [2.75, 3.05) is 7.05 Å². The Bertz CT molecular complexity index is 875. The monoisotopic (exact) mass is 318 g/mol. The van der Waals surface area contributed by atoms with Gasteiger partial charge in [0.2, 0.25) is 0 Å². The average molecular weight is 318 g/mol. The van der Waals surface area contributed by atoms with Gasteiger partial charge in [-0.15, -0.1) is 4.40 Å². The molecule has 1 aliphatic heterocycles. The molecule has 114 valence electrons. The van der Waals surface area contributed by atoms with E-state index in [4.69, 9.17) is 0 Å². The molecule has 0 radical (unpaired) electrons. The maximum Gasteiger partial charge on any atom is 0.285 e. The number of hydrogen-bond acceptors (Lipinski definition) is 3. The molecule has 2 aromatic carbocycles. The molecule has 0 bridgehead atoms. The number of nitrogens with zero attached hydrogens (tertiary/aromatic N) is 2. The van der Waals surface area contributed by atoms with Crippen molar-refractivity contribution in [2.45, 2.75) is 18.4 Å². The fourth-order valence-electron chi connectivity index (χ4n) is 2.45. The standard InChI is InChI=1S/C16H15FN2O2S/c1-11-7-8-12(9-14(11)17)10-19(2)16-13-5-3-4-6-15(13)22(20,21)18-16/h3-9H,10H2,1-2H3. The number of rotatable bonds is 2. The number of aryl methyl sites for hydroxylation is 1. The van der Waals surface area contributed by atoms with Gasteiger partial charge >= 0.3 is 0 Å². The molecule has 3 rings (SSSR count). The first-order valence-electron chi connectivity index (χ1n) is 6.79. The first-order valence-corrected chi connectivity index (χ1v) is 8.23. The van der Waals surface area contributed by atoms with Gasteiger partial charge in [0.15, 0.2) is 5.84 Å². The fourth-order valence-corrected chi connectivity index (χ4v) is 3.70. The Labute approximate surface area is 129 Å². The van der Waals surface area contributed by atoms with Gasteiger partial charge in [0.1, 0.15) is 10.7 Å². The van der Waals surface area contributed by atoms with Gasteiger partial charge in [0.25, 0.3) is 10.0 Å². The summed E-state index contributed by atoms with van der Waals surface area (Å²) >= 11 is 0. The van der Waals surface area contributed by atoms with Crippen molar-refractivity contribution in [1.82, 2.24) is 4.90 Å². The van der Waals surface area contributed by atoms with Crippen LogP contribution in [0.3, 0.4) is 0 Å². The molecular formula is C16H15FN2O2S. The highest BCUT2D eigenvalue weighted by atomic mass is 32.2. The van der Waals surface area contributed by atoms with Crippen molar-refractivity contribution >= 4 is 15.9 Å². The van der Waals surface area contributed by atoms with Gasteiger partial charge in [-0.25, -0.2) is 4.39 Å². The van der Waals surface area contributed by atoms with E-state index in [2.05, 4.69) is 4.40 Å². The van der Waals surface area contributed by atoms with Crippen LogP contribution in [-0.4, -0.2) is 26.2 Å². The minimum atomic E-state index is -3.63. The van der Waals surface area contributed by atoms with Gasteiger partial charge in [-0.2, -0.15) is 8.42 Å². The Morgan fingerprint density at radius 2 is 1.91 bits per heavy atom. The molecule has 0 amide bonds. The highest BCUT2D eigenvalue weighted by Gasteiger charge is 2.30. The van der Waals surface area contributed by atoms with Crippen molar-refractivity contribution in [3.8, 4) is 0 Å². The zero-order chi connectivity index (χ0) is 15.9. The topological polar surface area (TPSA) is 49.7 Å². The predicted octanol–water partition coefficient (Wildman–Crippen LogP) is 2.72. The van der Waals surface area contributed by atoms with E-state index in [1.165, 1.54) is 6.07 Å². The molecule has 2 aromatic rings. The van der Waals surface area contributed by atoms with Crippen molar-refractivity contribution in [2.24, 2.45) is 4.40 Å². The molecule has 0 unspecified atom stereocenters. The van der Waals surface area contributed by atoms with Gasteiger partial charge < -0.3 is 4.90 Å². The predicted molar refractivity (Wildman–Crippen MR) is 82.8 cm³/mol. The lowest BCUT2D eigenvalue weighted by molar-refractivity contribution is 0.499. The van der Waals surface area contributed by atoms with Crippen LogP contribution < -0.4 is 0 Å². The van der Waals surface area contributed by atoms with Gasteiger partial charge in [0, 0.05) is 19.2 Å². The number of hydrogen-bond donors (Lipinski definition) is 0. The Kier molecular flexibility index (Phi) is 3.48. The summed E-state index contributed by atoms with van der Waals surface area (Å²) in [6.07, 6.45) is 0. The third-order valence-corrected chi connectivity index (χ3v) is 4.96. The summed E-state index contributed by atoms with van der Waals surface area (Å²) in [5.41, 5.74) is 1.92. The van der Waals surface area contributed by atoms with Crippen LogP contribution in [0, 0.1) is 12.7 Å². The first-order chi connectivity index (χ1) is 10.4. The molecule has 0 saturated heterocycles. The quantitative estimate of drug-likeness (QED) is 0.855. The summed E-state index contributed by atoms with van der Waals surface area (Å²) in [6.45, 7) is 2.08. The Morgan fingerprint density at radius 3 is 2.64 bits per heavy atom. The van der Waals surface area contributed by atoms with Crippen molar-refractivity contribution in [3.05, 3.63) is 65.0 Å². The van der Waals surface area contributed by atoms with Crippen LogP contribution in [-0.2, 0) is 16.6 Å². The molecule has 6 heteroatoms. The molecule has 22 heavy (non-hydrogen) atoms. The summed E-state index contributed by atoms with van der Waals surface area (Å²) in [7, 11) is -1.89. The molecule has 0 fully saturated rings. The van der Waals surface area contributed by atoms with E-state index in [-0.39, 0.29) is 10.7 Å². The zero-order valence-corrected chi connectivity index (χ0v) is 13.1. The van der Waals surface area contributed by atoms with Gasteiger partial charge in [-0.1, -0.05) is 24.3 Å². The lowest BCUT2D eigenvalue weighted by Gasteiger charge is -2.19. The number of sulfonamides is 1. The molecule has 1 aliphatic rings. The number of fused-ring (bicyclic) bond motifs is 1. The highest BCUT2D eigenvalue weighted by Crippen LogP contribution is 2.27. The molecule has 0 aromatic heterocycles. The van der Waals surface area contributed by atoms with Crippen LogP contribution in [0.25, 0.3) is 0 Å². The van der Waals surface area contributed by atoms with E-state index in [1.54, 1.807) is 49.2 Å². The number of benzene rings is 2. The van der Waals surface area contributed by atoms with E-state index in [9.17, 15) is 12.8 Å². The maximum absolute atomic E-state index is 13.6. The number of halogens is 1. The van der Waals surface area contributed by atoms with Crippen LogP contribution in [0.15, 0.2) is 51.8 Å². The van der Waals surface area contributed by atoms with E-state index >= 15 is 0 Å². The first kappa shape index (κ1) is 14.7. The second-order valence-corrected chi connectivity index (χ2v) is 6.90. The van der Waals surface area contributed by atoms with E-state index in [1.807, 2.05) is 6.07 Å². The van der Waals surface area contributed by atoms with Crippen LogP contribution in [0.5, 0.6) is 0 Å². The molecule has 0 N–H and O–H groups in total. The fraction of sp³-hybridized carbons (Fsp3) is 0.188. The van der Waals surface area contributed by atoms with Gasteiger partial charge in [0.05, 0.1) is 0 Å². The third kappa shape index (κ3) is 2.50. The highest BCUT2D eigenvalue weighted by molar-refractivity contribution is 7.90. The minimum absolute atomic E-state index is 0.215. The number of amidine groups is 1. The third-order valence-electron chi connectivity index (χ3n) is 3.63. The largest absolute Gasteiger partial charge is 0.354 e. The molecule has 0 spiro atoms. The SMILES string of the molecule is Cc1ccc(CN(C)C2=NS(=O)(=O)c3ccccc32)cc1F. The average Bonchev–Trinajstić information content (AvgIpc) is 2.76. The van der Waals surface area contributed by atoms with Gasteiger partial charge in [-0.3, -0.25) is 0 Å². The Morgan fingerprint density at radius 1 is 1.18 bits per heavy atom. The molecular weight excluding hydrogens is 303 g/mol. The van der Waals surface area contributed by atoms with E-state index in [0.29, 0.717) is 23.5 Å². The van der Waals surface area contributed by atoms with Crippen LogP contribution in [0.2, 0.25) is 0 Å². The maximum atomic E-state index is 13.6. The van der Waals surface area contributed by atoms with E-state index < -0.39 is 10.0 Å². The van der Waals surface area contributed by atoms with Gasteiger partial charge in [-0.05, 0) is 36.2 Å². The summed E-state index contributed by atoms with van der Waals surface area (Å²) < 4.78 is 41.6. The molecule has 1 heterocycles.